The number of ether oxygens (including phenoxy) is 3. The molecule has 0 fully saturated rings. The minimum Gasteiger partial charge on any atom is -0.497 e. The number of carbonyl (C=O) groups excluding carboxylic acids is 1. The van der Waals surface area contributed by atoms with E-state index in [-0.39, 0.29) is 12.6 Å². The van der Waals surface area contributed by atoms with Gasteiger partial charge in [-0.05, 0) is 47.0 Å². The molecular weight excluding hydrogens is 256 g/mol. The Labute approximate surface area is 116 Å². The summed E-state index contributed by atoms with van der Waals surface area (Å²) in [5.74, 6) is 1.04. The van der Waals surface area contributed by atoms with Gasteiger partial charge in [-0.25, -0.2) is 4.79 Å². The molecule has 102 valence electrons. The molecule has 0 bridgehead atoms. The zero-order chi connectivity index (χ0) is 14.1. The van der Waals surface area contributed by atoms with Crippen LogP contribution in [0.15, 0.2) is 36.4 Å². The third-order valence-electron chi connectivity index (χ3n) is 3.41. The van der Waals surface area contributed by atoms with Crippen LogP contribution in [0.4, 0.5) is 0 Å². The van der Waals surface area contributed by atoms with Crippen LogP contribution in [0, 0.1) is 0 Å². The largest absolute Gasteiger partial charge is 0.497 e. The van der Waals surface area contributed by atoms with E-state index in [0.717, 1.165) is 22.4 Å². The molecule has 0 spiro atoms. The summed E-state index contributed by atoms with van der Waals surface area (Å²) in [5.41, 5.74) is 3.26. The molecule has 1 aliphatic heterocycles. The highest BCUT2D eigenvalue weighted by Gasteiger charge is 2.22. The number of methoxy groups -OCH3 is 2. The smallest absolute Gasteiger partial charge is 0.339 e. The van der Waals surface area contributed by atoms with Gasteiger partial charge in [0.2, 0.25) is 0 Å². The molecule has 3 rings (SSSR count). The van der Waals surface area contributed by atoms with Crippen LogP contribution in [0.25, 0.3) is 11.1 Å². The van der Waals surface area contributed by atoms with Gasteiger partial charge < -0.3 is 14.2 Å². The molecule has 0 unspecified atom stereocenters. The van der Waals surface area contributed by atoms with Crippen molar-refractivity contribution in [2.24, 2.45) is 0 Å². The molecule has 0 atom stereocenters. The molecule has 0 N–H and O–H groups in total. The Balaban J connectivity index is 2.24. The maximum absolute atomic E-state index is 12.1. The van der Waals surface area contributed by atoms with Crippen molar-refractivity contribution in [1.82, 2.24) is 0 Å². The molecule has 4 nitrogen and oxygen atoms in total. The second-order valence-corrected chi connectivity index (χ2v) is 4.51. The van der Waals surface area contributed by atoms with E-state index in [1.807, 2.05) is 30.3 Å². The van der Waals surface area contributed by atoms with Crippen LogP contribution in [0.2, 0.25) is 0 Å². The fourth-order valence-corrected chi connectivity index (χ4v) is 2.33. The number of rotatable bonds is 2. The van der Waals surface area contributed by atoms with Crippen LogP contribution >= 0.6 is 0 Å². The first kappa shape index (κ1) is 12.5. The third kappa shape index (κ3) is 1.99. The standard InChI is InChI=1S/C16H14O4/c1-18-11-4-3-10-9-20-16(17)15-8-12(19-2)5-6-13(15)14(10)7-11/h3-8H,9H2,1-2H3. The van der Waals surface area contributed by atoms with Gasteiger partial charge in [-0.2, -0.15) is 0 Å². The summed E-state index contributed by atoms with van der Waals surface area (Å²) in [4.78, 5) is 12.1. The summed E-state index contributed by atoms with van der Waals surface area (Å²) in [7, 11) is 3.19. The number of esters is 1. The van der Waals surface area contributed by atoms with E-state index in [0.29, 0.717) is 11.3 Å². The van der Waals surface area contributed by atoms with Gasteiger partial charge in [0.05, 0.1) is 19.8 Å². The lowest BCUT2D eigenvalue weighted by Crippen LogP contribution is -2.03. The van der Waals surface area contributed by atoms with Crippen LogP contribution in [0.5, 0.6) is 11.5 Å². The summed E-state index contributed by atoms with van der Waals surface area (Å²) in [6.45, 7) is 0.259. The Kier molecular flexibility index (Phi) is 3.06. The van der Waals surface area contributed by atoms with Gasteiger partial charge >= 0.3 is 5.97 Å². The molecule has 1 heterocycles. The highest BCUT2D eigenvalue weighted by Crippen LogP contribution is 2.35. The van der Waals surface area contributed by atoms with Crippen LogP contribution < -0.4 is 9.47 Å². The SMILES string of the molecule is COc1ccc2c(c1)C(=O)OCc1ccc(OC)cc1-2. The van der Waals surface area contributed by atoms with Crippen LogP contribution in [-0.4, -0.2) is 20.2 Å². The Hall–Kier alpha value is -2.49. The number of benzene rings is 2. The first-order chi connectivity index (χ1) is 9.72. The van der Waals surface area contributed by atoms with Crippen molar-refractivity contribution in [3.8, 4) is 22.6 Å². The van der Waals surface area contributed by atoms with E-state index in [4.69, 9.17) is 14.2 Å². The second-order valence-electron chi connectivity index (χ2n) is 4.51. The van der Waals surface area contributed by atoms with Crippen molar-refractivity contribution in [1.29, 1.82) is 0 Å². The zero-order valence-corrected chi connectivity index (χ0v) is 11.3. The molecule has 0 saturated carbocycles. The van der Waals surface area contributed by atoms with Crippen molar-refractivity contribution in [2.75, 3.05) is 14.2 Å². The first-order valence-electron chi connectivity index (χ1n) is 6.25. The summed E-state index contributed by atoms with van der Waals surface area (Å²) in [6, 6.07) is 11.1. The van der Waals surface area contributed by atoms with E-state index < -0.39 is 0 Å². The van der Waals surface area contributed by atoms with E-state index in [1.165, 1.54) is 0 Å². The van der Waals surface area contributed by atoms with Crippen molar-refractivity contribution in [2.45, 2.75) is 6.61 Å². The van der Waals surface area contributed by atoms with Gasteiger partial charge in [0.25, 0.3) is 0 Å². The molecule has 20 heavy (non-hydrogen) atoms. The minimum absolute atomic E-state index is 0.259. The molecule has 0 saturated heterocycles. The number of carbonyl (C=O) groups is 1. The number of hydrogen-bond acceptors (Lipinski definition) is 4. The molecule has 2 aromatic rings. The lowest BCUT2D eigenvalue weighted by molar-refractivity contribution is 0.0478. The van der Waals surface area contributed by atoms with E-state index >= 15 is 0 Å². The van der Waals surface area contributed by atoms with E-state index in [1.54, 1.807) is 20.3 Å². The van der Waals surface area contributed by atoms with Crippen molar-refractivity contribution in [3.05, 3.63) is 47.5 Å². The quantitative estimate of drug-likeness (QED) is 0.787. The Bertz CT molecular complexity index is 676. The second kappa shape index (κ2) is 4.89. The normalized spacial score (nSPS) is 12.8. The van der Waals surface area contributed by atoms with Crippen LogP contribution in [0.3, 0.4) is 0 Å². The van der Waals surface area contributed by atoms with Gasteiger partial charge in [-0.15, -0.1) is 0 Å². The summed E-state index contributed by atoms with van der Waals surface area (Å²) >= 11 is 0. The molecule has 4 heteroatoms. The molecule has 0 aliphatic carbocycles. The summed E-state index contributed by atoms with van der Waals surface area (Å²) in [6.07, 6.45) is 0. The fourth-order valence-electron chi connectivity index (χ4n) is 2.33. The van der Waals surface area contributed by atoms with Gasteiger partial charge in [0, 0.05) is 0 Å². The van der Waals surface area contributed by atoms with Crippen LogP contribution in [0.1, 0.15) is 15.9 Å². The maximum Gasteiger partial charge on any atom is 0.339 e. The maximum atomic E-state index is 12.1. The van der Waals surface area contributed by atoms with Crippen LogP contribution in [-0.2, 0) is 11.3 Å². The fraction of sp³-hybridized carbons (Fsp3) is 0.188. The van der Waals surface area contributed by atoms with Crippen molar-refractivity contribution < 1.29 is 19.0 Å². The Morgan fingerprint density at radius 1 is 0.900 bits per heavy atom. The van der Waals surface area contributed by atoms with Crippen molar-refractivity contribution in [3.63, 3.8) is 0 Å². The molecule has 0 aromatic heterocycles. The third-order valence-corrected chi connectivity index (χ3v) is 3.41. The molecule has 2 aromatic carbocycles. The average molecular weight is 270 g/mol. The van der Waals surface area contributed by atoms with Gasteiger partial charge in [-0.1, -0.05) is 6.07 Å². The summed E-state index contributed by atoms with van der Waals surface area (Å²) in [5, 5.41) is 0. The predicted octanol–water partition coefficient (Wildman–Crippen LogP) is 3.04. The number of hydrogen-bond donors (Lipinski definition) is 0. The topological polar surface area (TPSA) is 44.8 Å². The molecular formula is C16H14O4. The minimum atomic E-state index is -0.339. The molecule has 0 radical (unpaired) electrons. The molecule has 1 aliphatic rings. The Morgan fingerprint density at radius 3 is 2.25 bits per heavy atom. The summed E-state index contributed by atoms with van der Waals surface area (Å²) < 4.78 is 15.7. The Morgan fingerprint density at radius 2 is 1.55 bits per heavy atom. The highest BCUT2D eigenvalue weighted by atomic mass is 16.5. The number of fused-ring (bicyclic) bond motifs is 3. The van der Waals surface area contributed by atoms with Gasteiger partial charge in [0.1, 0.15) is 18.1 Å². The zero-order valence-electron chi connectivity index (χ0n) is 11.3. The number of cyclic esters (lactones) is 1. The lowest BCUT2D eigenvalue weighted by atomic mass is 9.96. The highest BCUT2D eigenvalue weighted by molar-refractivity contribution is 5.99. The van der Waals surface area contributed by atoms with Crippen molar-refractivity contribution >= 4 is 5.97 Å². The average Bonchev–Trinajstić information content (AvgIpc) is 2.64. The monoisotopic (exact) mass is 270 g/mol. The van der Waals surface area contributed by atoms with Gasteiger partial charge in [-0.3, -0.25) is 0 Å². The first-order valence-corrected chi connectivity index (χ1v) is 6.25. The van der Waals surface area contributed by atoms with E-state index in [2.05, 4.69) is 0 Å². The predicted molar refractivity (Wildman–Crippen MR) is 74.1 cm³/mol. The molecule has 0 amide bonds. The lowest BCUT2D eigenvalue weighted by Gasteiger charge is -2.10. The van der Waals surface area contributed by atoms with E-state index in [9.17, 15) is 4.79 Å². The van der Waals surface area contributed by atoms with Gasteiger partial charge in [0.15, 0.2) is 0 Å².